The van der Waals surface area contributed by atoms with Crippen molar-refractivity contribution in [3.05, 3.63) is 48.4 Å². The Morgan fingerprint density at radius 2 is 2.00 bits per heavy atom. The Hall–Kier alpha value is -2.03. The second-order valence-electron chi connectivity index (χ2n) is 3.39. The number of nitrogens with one attached hydrogen (secondary N) is 1. The Kier molecular flexibility index (Phi) is 3.05. The molecular weight excluding hydrogens is 202 g/mol. The second kappa shape index (κ2) is 4.66. The molecule has 1 aromatic carbocycles. The highest BCUT2D eigenvalue weighted by atomic mass is 16.3. The lowest BCUT2D eigenvalue weighted by atomic mass is 10.1. The third kappa shape index (κ3) is 1.98. The highest BCUT2D eigenvalue weighted by Gasteiger charge is 2.15. The Morgan fingerprint density at radius 3 is 2.69 bits per heavy atom. The predicted octanol–water partition coefficient (Wildman–Crippen LogP) is 2.70. The van der Waals surface area contributed by atoms with E-state index in [4.69, 9.17) is 4.42 Å². The van der Waals surface area contributed by atoms with Gasteiger partial charge in [0.25, 0.3) is 5.91 Å². The molecule has 0 saturated heterocycles. The molecule has 0 radical (unpaired) electrons. The molecule has 0 unspecified atom stereocenters. The van der Waals surface area contributed by atoms with Crippen molar-refractivity contribution < 1.29 is 9.21 Å². The quantitative estimate of drug-likeness (QED) is 0.855. The molecule has 0 bridgehead atoms. The van der Waals surface area contributed by atoms with E-state index < -0.39 is 0 Å². The van der Waals surface area contributed by atoms with Gasteiger partial charge in [0.15, 0.2) is 5.76 Å². The van der Waals surface area contributed by atoms with E-state index in [2.05, 4.69) is 5.32 Å². The first-order valence-electron chi connectivity index (χ1n) is 5.24. The molecule has 2 aromatic rings. The Morgan fingerprint density at radius 1 is 1.25 bits per heavy atom. The van der Waals surface area contributed by atoms with Crippen LogP contribution in [-0.2, 0) is 0 Å². The van der Waals surface area contributed by atoms with Crippen LogP contribution in [0.4, 0.5) is 0 Å². The average molecular weight is 215 g/mol. The van der Waals surface area contributed by atoms with Crippen LogP contribution >= 0.6 is 0 Å². The van der Waals surface area contributed by atoms with E-state index in [-0.39, 0.29) is 5.91 Å². The number of carbonyl (C=O) groups excluding carboxylic acids is 1. The summed E-state index contributed by atoms with van der Waals surface area (Å²) in [6.07, 6.45) is 1.53. The van der Waals surface area contributed by atoms with Gasteiger partial charge in [0.05, 0.1) is 6.26 Å². The summed E-state index contributed by atoms with van der Waals surface area (Å²) in [5.41, 5.74) is 1.81. The molecule has 1 aromatic heterocycles. The van der Waals surface area contributed by atoms with Gasteiger partial charge in [-0.3, -0.25) is 4.79 Å². The molecule has 1 heterocycles. The monoisotopic (exact) mass is 215 g/mol. The molecule has 16 heavy (non-hydrogen) atoms. The third-order valence-corrected chi connectivity index (χ3v) is 2.29. The van der Waals surface area contributed by atoms with Crippen LogP contribution in [0.2, 0.25) is 0 Å². The van der Waals surface area contributed by atoms with Gasteiger partial charge in [0.2, 0.25) is 0 Å². The van der Waals surface area contributed by atoms with Gasteiger partial charge >= 0.3 is 0 Å². The maximum atomic E-state index is 11.7. The van der Waals surface area contributed by atoms with Crippen molar-refractivity contribution in [1.29, 1.82) is 0 Å². The number of rotatable bonds is 3. The number of carbonyl (C=O) groups is 1. The number of hydrogen-bond donors (Lipinski definition) is 1. The maximum Gasteiger partial charge on any atom is 0.287 e. The van der Waals surface area contributed by atoms with E-state index in [1.807, 2.05) is 37.3 Å². The molecule has 0 atom stereocenters. The fourth-order valence-corrected chi connectivity index (χ4v) is 1.57. The molecule has 0 spiro atoms. The van der Waals surface area contributed by atoms with Crippen molar-refractivity contribution in [3.63, 3.8) is 0 Å². The summed E-state index contributed by atoms with van der Waals surface area (Å²) in [5, 5.41) is 2.73. The molecule has 1 N–H and O–H groups in total. The second-order valence-corrected chi connectivity index (χ2v) is 3.39. The van der Waals surface area contributed by atoms with Gasteiger partial charge in [-0.1, -0.05) is 30.3 Å². The molecule has 82 valence electrons. The van der Waals surface area contributed by atoms with E-state index in [1.165, 1.54) is 6.26 Å². The standard InChI is InChI=1S/C13H13NO2/c1-2-14-13(15)12-11(8-9-16-12)10-6-4-3-5-7-10/h3-9H,2H2,1H3,(H,14,15). The van der Waals surface area contributed by atoms with Crippen LogP contribution in [0.3, 0.4) is 0 Å². The van der Waals surface area contributed by atoms with Gasteiger partial charge in [0, 0.05) is 12.1 Å². The van der Waals surface area contributed by atoms with Gasteiger partial charge in [-0.05, 0) is 18.6 Å². The molecule has 0 aliphatic carbocycles. The molecule has 0 fully saturated rings. The number of hydrogen-bond acceptors (Lipinski definition) is 2. The van der Waals surface area contributed by atoms with E-state index >= 15 is 0 Å². The zero-order valence-corrected chi connectivity index (χ0v) is 9.07. The zero-order valence-electron chi connectivity index (χ0n) is 9.07. The first-order chi connectivity index (χ1) is 7.83. The normalized spacial score (nSPS) is 10.1. The molecule has 2 rings (SSSR count). The van der Waals surface area contributed by atoms with E-state index in [1.54, 1.807) is 6.07 Å². The molecule has 0 aliphatic rings. The van der Waals surface area contributed by atoms with Gasteiger partial charge < -0.3 is 9.73 Å². The Bertz CT molecular complexity index is 474. The van der Waals surface area contributed by atoms with Crippen LogP contribution in [0.15, 0.2) is 47.1 Å². The fraction of sp³-hybridized carbons (Fsp3) is 0.154. The molecule has 3 nitrogen and oxygen atoms in total. The summed E-state index contributed by atoms with van der Waals surface area (Å²) in [6.45, 7) is 2.47. The van der Waals surface area contributed by atoms with Gasteiger partial charge in [-0.2, -0.15) is 0 Å². The van der Waals surface area contributed by atoms with Crippen LogP contribution in [-0.4, -0.2) is 12.5 Å². The minimum Gasteiger partial charge on any atom is -0.459 e. The number of amides is 1. The molecule has 1 amide bonds. The van der Waals surface area contributed by atoms with Crippen molar-refractivity contribution in [1.82, 2.24) is 5.32 Å². The average Bonchev–Trinajstić information content (AvgIpc) is 2.79. The summed E-state index contributed by atoms with van der Waals surface area (Å²) in [7, 11) is 0. The first-order valence-corrected chi connectivity index (χ1v) is 5.24. The van der Waals surface area contributed by atoms with Crippen molar-refractivity contribution in [3.8, 4) is 11.1 Å². The Labute approximate surface area is 94.1 Å². The summed E-state index contributed by atoms with van der Waals surface area (Å²) in [4.78, 5) is 11.7. The third-order valence-electron chi connectivity index (χ3n) is 2.29. The highest BCUT2D eigenvalue weighted by Crippen LogP contribution is 2.24. The summed E-state index contributed by atoms with van der Waals surface area (Å²) >= 11 is 0. The van der Waals surface area contributed by atoms with Crippen LogP contribution in [0.5, 0.6) is 0 Å². The van der Waals surface area contributed by atoms with E-state index in [0.29, 0.717) is 12.3 Å². The SMILES string of the molecule is CCNC(=O)c1occc1-c1ccccc1. The maximum absolute atomic E-state index is 11.7. The summed E-state index contributed by atoms with van der Waals surface area (Å²) in [6, 6.07) is 11.5. The first kappa shape index (κ1) is 10.5. The summed E-state index contributed by atoms with van der Waals surface area (Å²) in [5.74, 6) is 0.194. The smallest absolute Gasteiger partial charge is 0.287 e. The van der Waals surface area contributed by atoms with Crippen LogP contribution in [0.1, 0.15) is 17.5 Å². The summed E-state index contributed by atoms with van der Waals surface area (Å²) < 4.78 is 5.22. The highest BCUT2D eigenvalue weighted by molar-refractivity contribution is 5.98. The topological polar surface area (TPSA) is 42.2 Å². The van der Waals surface area contributed by atoms with E-state index in [0.717, 1.165) is 11.1 Å². The van der Waals surface area contributed by atoms with Crippen molar-refractivity contribution >= 4 is 5.91 Å². The minimum absolute atomic E-state index is 0.175. The largest absolute Gasteiger partial charge is 0.459 e. The van der Waals surface area contributed by atoms with Gasteiger partial charge in [-0.15, -0.1) is 0 Å². The van der Waals surface area contributed by atoms with Crippen molar-refractivity contribution in [2.75, 3.05) is 6.54 Å². The number of benzene rings is 1. The van der Waals surface area contributed by atoms with Gasteiger partial charge in [0.1, 0.15) is 0 Å². The predicted molar refractivity (Wildman–Crippen MR) is 62.2 cm³/mol. The molecule has 0 aliphatic heterocycles. The van der Waals surface area contributed by atoms with Crippen molar-refractivity contribution in [2.45, 2.75) is 6.92 Å². The fourth-order valence-electron chi connectivity index (χ4n) is 1.57. The van der Waals surface area contributed by atoms with Crippen molar-refractivity contribution in [2.24, 2.45) is 0 Å². The molecule has 3 heteroatoms. The minimum atomic E-state index is -0.175. The molecular formula is C13H13NO2. The van der Waals surface area contributed by atoms with Crippen LogP contribution in [0, 0.1) is 0 Å². The van der Waals surface area contributed by atoms with Crippen LogP contribution in [0.25, 0.3) is 11.1 Å². The lowest BCUT2D eigenvalue weighted by Crippen LogP contribution is -2.22. The lowest BCUT2D eigenvalue weighted by molar-refractivity contribution is 0.0929. The van der Waals surface area contributed by atoms with E-state index in [9.17, 15) is 4.79 Å². The molecule has 0 saturated carbocycles. The van der Waals surface area contributed by atoms with Gasteiger partial charge in [-0.25, -0.2) is 0 Å². The van der Waals surface area contributed by atoms with Crippen LogP contribution < -0.4 is 5.32 Å². The lowest BCUT2D eigenvalue weighted by Gasteiger charge is -2.02. The zero-order chi connectivity index (χ0) is 11.4. The number of furan rings is 1. The Balaban J connectivity index is 2.37.